The highest BCUT2D eigenvalue weighted by molar-refractivity contribution is 6.12. The van der Waals surface area contributed by atoms with Crippen LogP contribution in [0.5, 0.6) is 0 Å². The molecular formula is C13H13N3O2. The molecule has 0 saturated heterocycles. The second kappa shape index (κ2) is 4.91. The molecule has 2 aromatic rings. The molecule has 92 valence electrons. The second-order valence-corrected chi connectivity index (χ2v) is 4.03. The predicted octanol–water partition coefficient (Wildman–Crippen LogP) is 1.58. The lowest BCUT2D eigenvalue weighted by Crippen LogP contribution is -2.10. The Bertz CT molecular complexity index is 568. The molecule has 5 nitrogen and oxygen atoms in total. The van der Waals surface area contributed by atoms with Crippen LogP contribution in [0.1, 0.15) is 33.1 Å². The zero-order valence-corrected chi connectivity index (χ0v) is 10.3. The maximum Gasteiger partial charge on any atom is 0.190 e. The Morgan fingerprint density at radius 3 is 2.50 bits per heavy atom. The summed E-state index contributed by atoms with van der Waals surface area (Å²) in [4.78, 5) is 27.6. The SMILES string of the molecule is Cc1cc(C(=O)CC(=O)c2ccccn2)nn1C. The Balaban J connectivity index is 2.11. The van der Waals surface area contributed by atoms with Gasteiger partial charge in [0.25, 0.3) is 0 Å². The molecule has 0 atom stereocenters. The van der Waals surface area contributed by atoms with E-state index in [1.807, 2.05) is 6.92 Å². The van der Waals surface area contributed by atoms with Crippen molar-refractivity contribution in [2.45, 2.75) is 13.3 Å². The summed E-state index contributed by atoms with van der Waals surface area (Å²) >= 11 is 0. The standard InChI is InChI=1S/C13H13N3O2/c1-9-7-11(15-16(9)2)13(18)8-12(17)10-5-3-4-6-14-10/h3-7H,8H2,1-2H3. The Morgan fingerprint density at radius 1 is 1.22 bits per heavy atom. The van der Waals surface area contributed by atoms with Crippen molar-refractivity contribution in [2.75, 3.05) is 0 Å². The Labute approximate surface area is 104 Å². The first-order chi connectivity index (χ1) is 8.58. The van der Waals surface area contributed by atoms with E-state index in [9.17, 15) is 9.59 Å². The molecule has 18 heavy (non-hydrogen) atoms. The minimum absolute atomic E-state index is 0.201. The summed E-state index contributed by atoms with van der Waals surface area (Å²) in [7, 11) is 1.76. The van der Waals surface area contributed by atoms with Crippen molar-refractivity contribution >= 4 is 11.6 Å². The molecule has 5 heteroatoms. The molecule has 0 amide bonds. The van der Waals surface area contributed by atoms with Crippen LogP contribution in [0.2, 0.25) is 0 Å². The zero-order chi connectivity index (χ0) is 13.1. The summed E-state index contributed by atoms with van der Waals surface area (Å²) in [6, 6.07) is 6.71. The number of pyridine rings is 1. The second-order valence-electron chi connectivity index (χ2n) is 4.03. The molecule has 0 aromatic carbocycles. The summed E-state index contributed by atoms with van der Waals surface area (Å²) in [5.74, 6) is -0.571. The maximum absolute atomic E-state index is 11.9. The number of carbonyl (C=O) groups excluding carboxylic acids is 2. The van der Waals surface area contributed by atoms with Crippen molar-refractivity contribution in [3.63, 3.8) is 0 Å². The van der Waals surface area contributed by atoms with E-state index < -0.39 is 0 Å². The fourth-order valence-corrected chi connectivity index (χ4v) is 1.55. The highest BCUT2D eigenvalue weighted by atomic mass is 16.1. The lowest BCUT2D eigenvalue weighted by atomic mass is 10.1. The molecule has 0 N–H and O–H groups in total. The topological polar surface area (TPSA) is 64.8 Å². The lowest BCUT2D eigenvalue weighted by molar-refractivity contribution is 0.0888. The number of hydrogen-bond donors (Lipinski definition) is 0. The third kappa shape index (κ3) is 2.51. The average molecular weight is 243 g/mol. The smallest absolute Gasteiger partial charge is 0.190 e. The van der Waals surface area contributed by atoms with Gasteiger partial charge < -0.3 is 0 Å². The fraction of sp³-hybridized carbons (Fsp3) is 0.231. The van der Waals surface area contributed by atoms with Crippen LogP contribution in [0, 0.1) is 6.92 Å². The maximum atomic E-state index is 11.9. The van der Waals surface area contributed by atoms with Crippen molar-refractivity contribution in [2.24, 2.45) is 7.05 Å². The molecule has 0 saturated carbocycles. The van der Waals surface area contributed by atoms with Crippen LogP contribution in [0.25, 0.3) is 0 Å². The highest BCUT2D eigenvalue weighted by Crippen LogP contribution is 2.07. The normalized spacial score (nSPS) is 10.3. The molecule has 0 aliphatic carbocycles. The number of aromatic nitrogens is 3. The fourth-order valence-electron chi connectivity index (χ4n) is 1.55. The number of nitrogens with zero attached hydrogens (tertiary/aromatic N) is 3. The van der Waals surface area contributed by atoms with E-state index in [0.717, 1.165) is 5.69 Å². The van der Waals surface area contributed by atoms with Crippen molar-refractivity contribution in [3.05, 3.63) is 47.5 Å². The minimum atomic E-state index is -0.288. The average Bonchev–Trinajstić information content (AvgIpc) is 2.71. The van der Waals surface area contributed by atoms with Crippen LogP contribution < -0.4 is 0 Å². The Morgan fingerprint density at radius 2 is 1.94 bits per heavy atom. The molecular weight excluding hydrogens is 230 g/mol. The molecule has 0 aliphatic heterocycles. The van der Waals surface area contributed by atoms with E-state index in [2.05, 4.69) is 10.1 Å². The minimum Gasteiger partial charge on any atom is -0.292 e. The lowest BCUT2D eigenvalue weighted by Gasteiger charge is -1.97. The summed E-state index contributed by atoms with van der Waals surface area (Å²) in [5.41, 5.74) is 1.50. The van der Waals surface area contributed by atoms with Gasteiger partial charge in [0.2, 0.25) is 0 Å². The third-order valence-corrected chi connectivity index (χ3v) is 2.67. The van der Waals surface area contributed by atoms with Crippen LogP contribution in [-0.2, 0) is 7.05 Å². The number of carbonyl (C=O) groups is 2. The number of ketones is 2. The molecule has 0 fully saturated rings. The quantitative estimate of drug-likeness (QED) is 0.604. The van der Waals surface area contributed by atoms with Crippen LogP contribution in [-0.4, -0.2) is 26.3 Å². The number of rotatable bonds is 4. The van der Waals surface area contributed by atoms with Crippen LogP contribution in [0.4, 0.5) is 0 Å². The molecule has 0 bridgehead atoms. The van der Waals surface area contributed by atoms with E-state index in [0.29, 0.717) is 11.4 Å². The molecule has 0 spiro atoms. The summed E-state index contributed by atoms with van der Waals surface area (Å²) in [6.45, 7) is 1.85. The first-order valence-electron chi connectivity index (χ1n) is 5.56. The van der Waals surface area contributed by atoms with E-state index in [4.69, 9.17) is 0 Å². The number of aryl methyl sites for hydroxylation is 2. The largest absolute Gasteiger partial charge is 0.292 e. The first-order valence-corrected chi connectivity index (χ1v) is 5.56. The predicted molar refractivity (Wildman–Crippen MR) is 65.5 cm³/mol. The third-order valence-electron chi connectivity index (χ3n) is 2.67. The van der Waals surface area contributed by atoms with Gasteiger partial charge in [-0.2, -0.15) is 5.10 Å². The monoisotopic (exact) mass is 243 g/mol. The van der Waals surface area contributed by atoms with Gasteiger partial charge in [0.1, 0.15) is 11.4 Å². The van der Waals surface area contributed by atoms with Crippen molar-refractivity contribution in [1.82, 2.24) is 14.8 Å². The molecule has 2 heterocycles. The van der Waals surface area contributed by atoms with Gasteiger partial charge in [-0.3, -0.25) is 19.3 Å². The van der Waals surface area contributed by atoms with Gasteiger partial charge in [-0.15, -0.1) is 0 Å². The van der Waals surface area contributed by atoms with Gasteiger partial charge in [-0.25, -0.2) is 0 Å². The van der Waals surface area contributed by atoms with Crippen LogP contribution in [0.15, 0.2) is 30.5 Å². The summed E-state index contributed by atoms with van der Waals surface area (Å²) in [5, 5.41) is 4.05. The van der Waals surface area contributed by atoms with Gasteiger partial charge in [-0.05, 0) is 25.1 Å². The van der Waals surface area contributed by atoms with Gasteiger partial charge in [0, 0.05) is 18.9 Å². The summed E-state index contributed by atoms with van der Waals surface area (Å²) < 4.78 is 1.61. The molecule has 0 radical (unpaired) electrons. The highest BCUT2D eigenvalue weighted by Gasteiger charge is 2.17. The van der Waals surface area contributed by atoms with Gasteiger partial charge in [0.15, 0.2) is 11.6 Å². The van der Waals surface area contributed by atoms with E-state index >= 15 is 0 Å². The summed E-state index contributed by atoms with van der Waals surface area (Å²) in [6.07, 6.45) is 1.33. The van der Waals surface area contributed by atoms with E-state index in [-0.39, 0.29) is 18.0 Å². The number of Topliss-reactive ketones (excluding diaryl/α,β-unsaturated/α-hetero) is 2. The zero-order valence-electron chi connectivity index (χ0n) is 10.3. The van der Waals surface area contributed by atoms with Crippen molar-refractivity contribution < 1.29 is 9.59 Å². The van der Waals surface area contributed by atoms with E-state index in [1.165, 1.54) is 6.20 Å². The molecule has 0 aliphatic rings. The van der Waals surface area contributed by atoms with Gasteiger partial charge in [-0.1, -0.05) is 6.07 Å². The van der Waals surface area contributed by atoms with Crippen LogP contribution in [0.3, 0.4) is 0 Å². The van der Waals surface area contributed by atoms with Crippen molar-refractivity contribution in [1.29, 1.82) is 0 Å². The molecule has 2 rings (SSSR count). The Hall–Kier alpha value is -2.30. The van der Waals surface area contributed by atoms with E-state index in [1.54, 1.807) is 36.0 Å². The van der Waals surface area contributed by atoms with Crippen LogP contribution >= 0.6 is 0 Å². The van der Waals surface area contributed by atoms with Gasteiger partial charge in [0.05, 0.1) is 6.42 Å². The number of hydrogen-bond acceptors (Lipinski definition) is 4. The van der Waals surface area contributed by atoms with Crippen molar-refractivity contribution in [3.8, 4) is 0 Å². The van der Waals surface area contributed by atoms with Gasteiger partial charge >= 0.3 is 0 Å². The molecule has 0 unspecified atom stereocenters. The molecule has 2 aromatic heterocycles. The first kappa shape index (κ1) is 12.2. The Kier molecular flexibility index (Phi) is 3.32.